The van der Waals surface area contributed by atoms with Crippen molar-refractivity contribution < 1.29 is 9.47 Å². The zero-order chi connectivity index (χ0) is 16.8. The summed E-state index contributed by atoms with van der Waals surface area (Å²) in [6, 6.07) is 10.7. The second-order valence-corrected chi connectivity index (χ2v) is 8.40. The highest BCUT2D eigenvalue weighted by molar-refractivity contribution is 9.28. The van der Waals surface area contributed by atoms with Gasteiger partial charge in [0.15, 0.2) is 5.75 Å². The molecule has 0 aliphatic rings. The molecule has 122 valence electrons. The second-order valence-electron chi connectivity index (χ2n) is 4.40. The molecule has 2 nitrogen and oxygen atoms in total. The van der Waals surface area contributed by atoms with Gasteiger partial charge in [0.25, 0.3) is 0 Å². The number of benzene rings is 2. The molecule has 2 aromatic carbocycles. The van der Waals surface area contributed by atoms with Crippen LogP contribution in [-0.2, 0) is 6.61 Å². The first-order valence-electron chi connectivity index (χ1n) is 6.46. The molecule has 2 aromatic rings. The molecule has 0 amide bonds. The minimum Gasteiger partial charge on any atom is -0.489 e. The monoisotopic (exact) mass is 498 g/mol. The average Bonchev–Trinajstić information content (AvgIpc) is 2.48. The zero-order valence-corrected chi connectivity index (χ0v) is 17.1. The van der Waals surface area contributed by atoms with E-state index in [4.69, 9.17) is 44.3 Å². The van der Waals surface area contributed by atoms with Crippen molar-refractivity contribution in [1.82, 2.24) is 0 Å². The van der Waals surface area contributed by atoms with Gasteiger partial charge in [-0.25, -0.2) is 0 Å². The Morgan fingerprint density at radius 3 is 2.22 bits per heavy atom. The van der Waals surface area contributed by atoms with Gasteiger partial charge < -0.3 is 9.47 Å². The molecule has 2 rings (SSSR count). The van der Waals surface area contributed by atoms with Crippen LogP contribution in [0, 0.1) is 0 Å². The molecule has 0 radical (unpaired) electrons. The van der Waals surface area contributed by atoms with E-state index >= 15 is 0 Å². The summed E-state index contributed by atoms with van der Waals surface area (Å²) in [6.07, 6.45) is 1.81. The molecule has 0 aliphatic carbocycles. The predicted octanol–water partition coefficient (Wildman–Crippen LogP) is 7.24. The number of rotatable bonds is 6. The normalized spacial score (nSPS) is 10.3. The third-order valence-electron chi connectivity index (χ3n) is 2.79. The minimum absolute atomic E-state index is 0.276. The number of hydrogen-bond acceptors (Lipinski definition) is 2. The van der Waals surface area contributed by atoms with E-state index < -0.39 is 0 Å². The summed E-state index contributed by atoms with van der Waals surface area (Å²) in [5.74, 6) is 0.959. The van der Waals surface area contributed by atoms with Gasteiger partial charge in [0.05, 0.1) is 13.4 Å². The maximum atomic E-state index is 6.23. The van der Waals surface area contributed by atoms with E-state index in [0.717, 1.165) is 8.96 Å². The van der Waals surface area contributed by atoms with Gasteiger partial charge in [-0.2, -0.15) is 0 Å². The summed E-state index contributed by atoms with van der Waals surface area (Å²) in [5, 5.41) is 1.38. The topological polar surface area (TPSA) is 18.5 Å². The van der Waals surface area contributed by atoms with Crippen LogP contribution in [0.5, 0.6) is 11.5 Å². The highest BCUT2D eigenvalue weighted by Gasteiger charge is 2.11. The summed E-state index contributed by atoms with van der Waals surface area (Å²) < 4.78 is 12.0. The van der Waals surface area contributed by atoms with Gasteiger partial charge in [-0.3, -0.25) is 0 Å². The molecule has 0 N–H and O–H groups in total. The Morgan fingerprint density at radius 2 is 1.61 bits per heavy atom. The SMILES string of the molecule is Clc1ccccc1COc1c(Cl)cc(OCC=C(Br)Br)cc1Cl. The van der Waals surface area contributed by atoms with Gasteiger partial charge >= 0.3 is 0 Å². The summed E-state index contributed by atoms with van der Waals surface area (Å²) in [4.78, 5) is 0. The van der Waals surface area contributed by atoms with Crippen LogP contribution in [0.25, 0.3) is 0 Å². The Balaban J connectivity index is 2.08. The van der Waals surface area contributed by atoms with E-state index in [0.29, 0.717) is 33.2 Å². The molecule has 0 aliphatic heterocycles. The van der Waals surface area contributed by atoms with Gasteiger partial charge in [-0.1, -0.05) is 53.0 Å². The molecule has 0 saturated heterocycles. The largest absolute Gasteiger partial charge is 0.489 e. The predicted molar refractivity (Wildman–Crippen MR) is 104 cm³/mol. The van der Waals surface area contributed by atoms with Gasteiger partial charge in [0.1, 0.15) is 19.0 Å². The Hall–Kier alpha value is -0.390. The first-order valence-corrected chi connectivity index (χ1v) is 9.18. The smallest absolute Gasteiger partial charge is 0.157 e. The highest BCUT2D eigenvalue weighted by atomic mass is 79.9. The van der Waals surface area contributed by atoms with Crippen LogP contribution in [0.4, 0.5) is 0 Å². The van der Waals surface area contributed by atoms with Crippen molar-refractivity contribution in [2.24, 2.45) is 0 Å². The van der Waals surface area contributed by atoms with Crippen LogP contribution in [-0.4, -0.2) is 6.61 Å². The first-order chi connectivity index (χ1) is 11.0. The number of ether oxygens (including phenoxy) is 2. The molecule has 23 heavy (non-hydrogen) atoms. The van der Waals surface area contributed by atoms with Crippen molar-refractivity contribution >= 4 is 66.7 Å². The maximum Gasteiger partial charge on any atom is 0.157 e. The summed E-state index contributed by atoms with van der Waals surface area (Å²) in [7, 11) is 0. The van der Waals surface area contributed by atoms with Crippen LogP contribution >= 0.6 is 66.7 Å². The van der Waals surface area contributed by atoms with Crippen LogP contribution in [0.3, 0.4) is 0 Å². The van der Waals surface area contributed by atoms with Crippen molar-refractivity contribution in [3.8, 4) is 11.5 Å². The fourth-order valence-electron chi connectivity index (χ4n) is 1.72. The van der Waals surface area contributed by atoms with Crippen molar-refractivity contribution in [3.63, 3.8) is 0 Å². The molecule has 0 atom stereocenters. The molecular formula is C16H11Br2Cl3O2. The van der Waals surface area contributed by atoms with Gasteiger partial charge in [-0.05, 0) is 44.0 Å². The summed E-state index contributed by atoms with van der Waals surface area (Å²) in [5.41, 5.74) is 0.855. The first kappa shape index (κ1) is 18.9. The quantitative estimate of drug-likeness (QED) is 0.416. The third-order valence-corrected chi connectivity index (χ3v) is 4.37. The minimum atomic E-state index is 0.276. The Kier molecular flexibility index (Phi) is 7.57. The molecule has 0 bridgehead atoms. The van der Waals surface area contributed by atoms with Gasteiger partial charge in [-0.15, -0.1) is 0 Å². The van der Waals surface area contributed by atoms with E-state index in [1.54, 1.807) is 18.2 Å². The van der Waals surface area contributed by atoms with E-state index in [1.807, 2.05) is 24.3 Å². The zero-order valence-electron chi connectivity index (χ0n) is 11.7. The molecule has 0 heterocycles. The van der Waals surface area contributed by atoms with E-state index in [1.165, 1.54) is 0 Å². The Bertz CT molecular complexity index is 693. The lowest BCUT2D eigenvalue weighted by atomic mass is 10.2. The fourth-order valence-corrected chi connectivity index (χ4v) is 2.75. The molecule has 0 aromatic heterocycles. The number of hydrogen-bond donors (Lipinski definition) is 0. The van der Waals surface area contributed by atoms with E-state index in [9.17, 15) is 0 Å². The van der Waals surface area contributed by atoms with Crippen molar-refractivity contribution in [2.75, 3.05) is 6.61 Å². The summed E-state index contributed by atoms with van der Waals surface area (Å²) in [6.45, 7) is 0.650. The van der Waals surface area contributed by atoms with E-state index in [2.05, 4.69) is 31.9 Å². The molecule has 7 heteroatoms. The van der Waals surface area contributed by atoms with E-state index in [-0.39, 0.29) is 6.61 Å². The third kappa shape index (κ3) is 5.87. The lowest BCUT2D eigenvalue weighted by molar-refractivity contribution is 0.305. The van der Waals surface area contributed by atoms with Crippen LogP contribution in [0.1, 0.15) is 5.56 Å². The van der Waals surface area contributed by atoms with Crippen LogP contribution in [0.15, 0.2) is 45.9 Å². The molecule has 0 saturated carbocycles. The highest BCUT2D eigenvalue weighted by Crippen LogP contribution is 2.37. The second kappa shape index (κ2) is 9.19. The van der Waals surface area contributed by atoms with Crippen molar-refractivity contribution in [1.29, 1.82) is 0 Å². The Labute approximate surface area is 166 Å². The standard InChI is InChI=1S/C16H11Br2Cl3O2/c17-15(18)5-6-22-11-7-13(20)16(14(21)8-11)23-9-10-3-1-2-4-12(10)19/h1-5,7-8H,6,9H2. The van der Waals surface area contributed by atoms with Crippen molar-refractivity contribution in [3.05, 3.63) is 66.5 Å². The summed E-state index contributed by atoms with van der Waals surface area (Å²) >= 11 is 25.1. The molecule has 0 fully saturated rings. The van der Waals surface area contributed by atoms with Crippen LogP contribution in [0.2, 0.25) is 15.1 Å². The fraction of sp³-hybridized carbons (Fsp3) is 0.125. The Morgan fingerprint density at radius 1 is 0.957 bits per heavy atom. The van der Waals surface area contributed by atoms with Gasteiger partial charge in [0, 0.05) is 22.7 Å². The molecular weight excluding hydrogens is 490 g/mol. The average molecular weight is 501 g/mol. The molecule has 0 unspecified atom stereocenters. The van der Waals surface area contributed by atoms with Gasteiger partial charge in [0.2, 0.25) is 0 Å². The van der Waals surface area contributed by atoms with Crippen LogP contribution < -0.4 is 9.47 Å². The number of halogens is 5. The lowest BCUT2D eigenvalue weighted by Gasteiger charge is -2.13. The molecule has 0 spiro atoms. The van der Waals surface area contributed by atoms with Crippen molar-refractivity contribution in [2.45, 2.75) is 6.61 Å². The lowest BCUT2D eigenvalue weighted by Crippen LogP contribution is -1.99. The maximum absolute atomic E-state index is 6.23.